The van der Waals surface area contributed by atoms with Crippen molar-refractivity contribution in [3.63, 3.8) is 0 Å². The van der Waals surface area contributed by atoms with E-state index in [9.17, 15) is 0 Å². The molecule has 5 nitrogen and oxygen atoms in total. The van der Waals surface area contributed by atoms with Crippen LogP contribution in [0.5, 0.6) is 0 Å². The first-order valence-electron chi connectivity index (χ1n) is 4.66. The van der Waals surface area contributed by atoms with Crippen molar-refractivity contribution in [2.24, 2.45) is 5.73 Å². The molecule has 1 aliphatic carbocycles. The summed E-state index contributed by atoms with van der Waals surface area (Å²) in [5.74, 6) is 1.37. The zero-order valence-electron chi connectivity index (χ0n) is 7.94. The van der Waals surface area contributed by atoms with Gasteiger partial charge in [-0.05, 0) is 19.8 Å². The topological polar surface area (TPSA) is 69.1 Å². The summed E-state index contributed by atoms with van der Waals surface area (Å²) >= 11 is 0. The molecule has 2 aromatic heterocycles. The Morgan fingerprint density at radius 1 is 1.50 bits per heavy atom. The molecule has 14 heavy (non-hydrogen) atoms. The van der Waals surface area contributed by atoms with Gasteiger partial charge in [0.2, 0.25) is 0 Å². The molecule has 0 radical (unpaired) electrons. The minimum absolute atomic E-state index is 0.152. The molecule has 0 unspecified atom stereocenters. The first-order valence-corrected chi connectivity index (χ1v) is 4.66. The summed E-state index contributed by atoms with van der Waals surface area (Å²) in [6.45, 7) is 1.85. The molecule has 0 aromatic carbocycles. The summed E-state index contributed by atoms with van der Waals surface area (Å²) in [5, 5.41) is 4.20. The SMILES string of the molecule is Cc1nc2ncc(C3(N)CC3)cn2n1. The molecular weight excluding hydrogens is 178 g/mol. The van der Waals surface area contributed by atoms with Crippen LogP contribution in [0.4, 0.5) is 0 Å². The van der Waals surface area contributed by atoms with Gasteiger partial charge < -0.3 is 5.73 Å². The fraction of sp³-hybridized carbons (Fsp3) is 0.444. The Bertz CT molecular complexity index is 497. The van der Waals surface area contributed by atoms with E-state index in [0.717, 1.165) is 24.2 Å². The number of hydrogen-bond acceptors (Lipinski definition) is 4. The lowest BCUT2D eigenvalue weighted by Gasteiger charge is -2.07. The Balaban J connectivity index is 2.19. The molecule has 2 heterocycles. The maximum atomic E-state index is 6.06. The monoisotopic (exact) mass is 189 g/mol. The Kier molecular flexibility index (Phi) is 1.29. The molecule has 0 bridgehead atoms. The van der Waals surface area contributed by atoms with E-state index in [1.54, 1.807) is 10.7 Å². The zero-order valence-corrected chi connectivity index (χ0v) is 7.94. The van der Waals surface area contributed by atoms with Gasteiger partial charge in [0.1, 0.15) is 5.82 Å². The lowest BCUT2D eigenvalue weighted by molar-refractivity contribution is 0.718. The predicted molar refractivity (Wildman–Crippen MR) is 50.6 cm³/mol. The molecule has 0 spiro atoms. The third kappa shape index (κ3) is 1.02. The molecule has 2 aromatic rings. The molecule has 3 rings (SSSR count). The van der Waals surface area contributed by atoms with Crippen LogP contribution in [0.2, 0.25) is 0 Å². The van der Waals surface area contributed by atoms with Crippen molar-refractivity contribution < 1.29 is 0 Å². The summed E-state index contributed by atoms with van der Waals surface area (Å²) < 4.78 is 1.69. The van der Waals surface area contributed by atoms with Crippen LogP contribution >= 0.6 is 0 Å². The lowest BCUT2D eigenvalue weighted by atomic mass is 10.1. The number of rotatable bonds is 1. The molecule has 0 saturated heterocycles. The number of nitrogens with zero attached hydrogens (tertiary/aromatic N) is 4. The van der Waals surface area contributed by atoms with Crippen LogP contribution in [0.3, 0.4) is 0 Å². The van der Waals surface area contributed by atoms with Crippen molar-refractivity contribution in [3.8, 4) is 0 Å². The highest BCUT2D eigenvalue weighted by Gasteiger charge is 2.40. The smallest absolute Gasteiger partial charge is 0.252 e. The van der Waals surface area contributed by atoms with E-state index in [0.29, 0.717) is 5.78 Å². The highest BCUT2D eigenvalue weighted by Crippen LogP contribution is 2.41. The summed E-state index contributed by atoms with van der Waals surface area (Å²) in [5.41, 5.74) is 6.96. The van der Waals surface area contributed by atoms with E-state index >= 15 is 0 Å². The average molecular weight is 189 g/mol. The molecule has 0 aliphatic heterocycles. The normalized spacial score (nSPS) is 18.7. The fourth-order valence-electron chi connectivity index (χ4n) is 1.57. The van der Waals surface area contributed by atoms with Crippen molar-refractivity contribution in [2.45, 2.75) is 25.3 Å². The van der Waals surface area contributed by atoms with Gasteiger partial charge in [0.05, 0.1) is 0 Å². The molecule has 0 amide bonds. The highest BCUT2D eigenvalue weighted by molar-refractivity contribution is 5.32. The van der Waals surface area contributed by atoms with Crippen LogP contribution in [0.1, 0.15) is 24.2 Å². The molecular formula is C9H11N5. The standard InChI is InChI=1S/C9H11N5/c1-6-12-8-11-4-7(5-14(8)13-6)9(10)2-3-9/h4-5H,2-3,10H2,1H3. The van der Waals surface area contributed by atoms with Crippen LogP contribution in [-0.4, -0.2) is 19.6 Å². The highest BCUT2D eigenvalue weighted by atomic mass is 15.3. The van der Waals surface area contributed by atoms with Gasteiger partial charge in [-0.15, -0.1) is 0 Å². The second-order valence-corrected chi connectivity index (χ2v) is 3.90. The quantitative estimate of drug-likeness (QED) is 0.704. The van der Waals surface area contributed by atoms with E-state index in [1.807, 2.05) is 13.1 Å². The van der Waals surface area contributed by atoms with Gasteiger partial charge in [0, 0.05) is 23.5 Å². The Labute approximate surface area is 81.0 Å². The summed E-state index contributed by atoms with van der Waals surface area (Å²) in [4.78, 5) is 8.37. The van der Waals surface area contributed by atoms with Crippen molar-refractivity contribution in [3.05, 3.63) is 23.8 Å². The Morgan fingerprint density at radius 3 is 3.00 bits per heavy atom. The van der Waals surface area contributed by atoms with E-state index in [2.05, 4.69) is 15.1 Å². The van der Waals surface area contributed by atoms with E-state index in [4.69, 9.17) is 5.73 Å². The number of aromatic nitrogens is 4. The number of aryl methyl sites for hydroxylation is 1. The van der Waals surface area contributed by atoms with Gasteiger partial charge >= 0.3 is 0 Å². The van der Waals surface area contributed by atoms with Gasteiger partial charge in [0.15, 0.2) is 0 Å². The second-order valence-electron chi connectivity index (χ2n) is 3.90. The van der Waals surface area contributed by atoms with Crippen LogP contribution in [0.25, 0.3) is 5.78 Å². The van der Waals surface area contributed by atoms with Crippen molar-refractivity contribution in [1.29, 1.82) is 0 Å². The maximum absolute atomic E-state index is 6.06. The first kappa shape index (κ1) is 7.87. The number of nitrogens with two attached hydrogens (primary N) is 1. The summed E-state index contributed by atoms with van der Waals surface area (Å²) in [7, 11) is 0. The van der Waals surface area contributed by atoms with E-state index < -0.39 is 0 Å². The summed E-state index contributed by atoms with van der Waals surface area (Å²) in [6, 6.07) is 0. The average Bonchev–Trinajstić information content (AvgIpc) is 2.79. The largest absolute Gasteiger partial charge is 0.321 e. The van der Waals surface area contributed by atoms with Crippen LogP contribution in [0.15, 0.2) is 12.4 Å². The molecule has 0 atom stereocenters. The first-order chi connectivity index (χ1) is 6.67. The van der Waals surface area contributed by atoms with Gasteiger partial charge in [-0.1, -0.05) is 0 Å². The fourth-order valence-corrected chi connectivity index (χ4v) is 1.57. The molecule has 2 N–H and O–H groups in total. The van der Waals surface area contributed by atoms with Gasteiger partial charge in [-0.25, -0.2) is 9.50 Å². The number of hydrogen-bond donors (Lipinski definition) is 1. The minimum atomic E-state index is -0.152. The third-order valence-corrected chi connectivity index (χ3v) is 2.66. The molecule has 72 valence electrons. The number of fused-ring (bicyclic) bond motifs is 1. The van der Waals surface area contributed by atoms with Gasteiger partial charge in [0.25, 0.3) is 5.78 Å². The molecule has 1 saturated carbocycles. The Hall–Kier alpha value is -1.49. The molecule has 1 fully saturated rings. The third-order valence-electron chi connectivity index (χ3n) is 2.66. The minimum Gasteiger partial charge on any atom is -0.321 e. The molecule has 1 aliphatic rings. The van der Waals surface area contributed by atoms with E-state index in [-0.39, 0.29) is 5.54 Å². The lowest BCUT2D eigenvalue weighted by Crippen LogP contribution is -2.19. The van der Waals surface area contributed by atoms with Crippen LogP contribution in [0, 0.1) is 6.92 Å². The molecule has 5 heteroatoms. The van der Waals surface area contributed by atoms with Crippen LogP contribution in [-0.2, 0) is 5.54 Å². The predicted octanol–water partition coefficient (Wildman–Crippen LogP) is 0.381. The van der Waals surface area contributed by atoms with Crippen molar-refractivity contribution >= 4 is 5.78 Å². The van der Waals surface area contributed by atoms with Gasteiger partial charge in [-0.2, -0.15) is 10.1 Å². The van der Waals surface area contributed by atoms with E-state index in [1.165, 1.54) is 0 Å². The maximum Gasteiger partial charge on any atom is 0.252 e. The second kappa shape index (κ2) is 2.30. The van der Waals surface area contributed by atoms with Crippen molar-refractivity contribution in [1.82, 2.24) is 19.6 Å². The zero-order chi connectivity index (χ0) is 9.76. The van der Waals surface area contributed by atoms with Crippen molar-refractivity contribution in [2.75, 3.05) is 0 Å². The van der Waals surface area contributed by atoms with Gasteiger partial charge in [-0.3, -0.25) is 0 Å². The Morgan fingerprint density at radius 2 is 2.29 bits per heavy atom. The summed E-state index contributed by atoms with van der Waals surface area (Å²) in [6.07, 6.45) is 5.80. The van der Waals surface area contributed by atoms with Crippen LogP contribution < -0.4 is 5.73 Å².